The maximum Gasteiger partial charge on any atom is 0.205 e. The van der Waals surface area contributed by atoms with Gasteiger partial charge in [-0.05, 0) is 5.61 Å². The van der Waals surface area contributed by atoms with Crippen molar-refractivity contribution in [2.24, 2.45) is 10.7 Å². The van der Waals surface area contributed by atoms with Gasteiger partial charge in [0.1, 0.15) is 0 Å². The van der Waals surface area contributed by atoms with Gasteiger partial charge >= 0.3 is 0 Å². The van der Waals surface area contributed by atoms with Gasteiger partial charge in [0.05, 0.1) is 0 Å². The highest BCUT2D eigenvalue weighted by atomic mass is 14.7. The Kier molecular flexibility index (Phi) is 1.27. The molecule has 7 heavy (non-hydrogen) atoms. The van der Waals surface area contributed by atoms with Crippen LogP contribution in [0.15, 0.2) is 17.2 Å². The zero-order valence-corrected chi connectivity index (χ0v) is 3.96. The molecular formula is C4H6BN2. The van der Waals surface area contributed by atoms with Gasteiger partial charge in [0.25, 0.3) is 0 Å². The first kappa shape index (κ1) is 4.59. The fraction of sp³-hybridized carbons (Fsp3) is 0.250. The lowest BCUT2D eigenvalue weighted by Crippen LogP contribution is -2.16. The number of nitrogens with two attached hydrogens (primary N) is 1. The van der Waals surface area contributed by atoms with Crippen LogP contribution in [-0.4, -0.2) is 19.4 Å². The highest BCUT2D eigenvalue weighted by Crippen LogP contribution is 1.86. The van der Waals surface area contributed by atoms with E-state index in [-0.39, 0.29) is 0 Å². The summed E-state index contributed by atoms with van der Waals surface area (Å²) in [5, 5.41) is 0. The minimum atomic E-state index is 0.549. The second-order valence-corrected chi connectivity index (χ2v) is 1.33. The second-order valence-electron chi connectivity index (χ2n) is 1.33. The molecule has 1 aliphatic heterocycles. The molecular weight excluding hydrogens is 86.9 g/mol. The van der Waals surface area contributed by atoms with Crippen LogP contribution in [0.25, 0.3) is 0 Å². The van der Waals surface area contributed by atoms with Crippen molar-refractivity contribution in [3.63, 3.8) is 0 Å². The van der Waals surface area contributed by atoms with E-state index < -0.39 is 0 Å². The van der Waals surface area contributed by atoms with Crippen molar-refractivity contribution in [3.05, 3.63) is 12.2 Å². The number of rotatable bonds is 1. The van der Waals surface area contributed by atoms with E-state index in [9.17, 15) is 0 Å². The van der Waals surface area contributed by atoms with E-state index in [1.165, 1.54) is 0 Å². The molecule has 2 N–H and O–H groups in total. The highest BCUT2D eigenvalue weighted by molar-refractivity contribution is 6.80. The molecule has 0 aromatic rings. The Morgan fingerprint density at radius 1 is 1.86 bits per heavy atom. The molecule has 0 saturated heterocycles. The van der Waals surface area contributed by atoms with Crippen LogP contribution < -0.4 is 5.73 Å². The first-order chi connectivity index (χ1) is 3.43. The summed E-state index contributed by atoms with van der Waals surface area (Å²) in [6.45, 7) is 0.549. The van der Waals surface area contributed by atoms with Crippen LogP contribution in [0.1, 0.15) is 0 Å². The second kappa shape index (κ2) is 1.93. The van der Waals surface area contributed by atoms with Crippen molar-refractivity contribution in [1.29, 1.82) is 0 Å². The summed E-state index contributed by atoms with van der Waals surface area (Å²) in [5.41, 5.74) is 6.19. The fourth-order valence-electron chi connectivity index (χ4n) is 0.457. The SMILES string of the molecule is NCC1=NC=C[B]1. The summed E-state index contributed by atoms with van der Waals surface area (Å²) in [6.07, 6.45) is 1.74. The average Bonchev–Trinajstić information content (AvgIpc) is 2.14. The first-order valence-corrected chi connectivity index (χ1v) is 2.20. The quantitative estimate of drug-likeness (QED) is 0.437. The van der Waals surface area contributed by atoms with Crippen LogP contribution in [0.3, 0.4) is 0 Å². The topological polar surface area (TPSA) is 38.4 Å². The van der Waals surface area contributed by atoms with Gasteiger partial charge < -0.3 is 5.73 Å². The molecule has 1 radical (unpaired) electrons. The van der Waals surface area contributed by atoms with E-state index in [1.807, 2.05) is 13.3 Å². The Balaban J connectivity index is 2.45. The number of aliphatic imine (C=N–C) groups is 1. The molecule has 0 fully saturated rings. The lowest BCUT2D eigenvalue weighted by molar-refractivity contribution is 1.32. The molecule has 0 spiro atoms. The normalized spacial score (nSPS) is 16.4. The van der Waals surface area contributed by atoms with Crippen LogP contribution in [0.4, 0.5) is 0 Å². The zero-order chi connectivity index (χ0) is 5.11. The van der Waals surface area contributed by atoms with Gasteiger partial charge in [-0.2, -0.15) is 0 Å². The molecule has 0 aromatic heterocycles. The number of hydrogen-bond acceptors (Lipinski definition) is 2. The van der Waals surface area contributed by atoms with Crippen LogP contribution >= 0.6 is 0 Å². The van der Waals surface area contributed by atoms with E-state index in [0.29, 0.717) is 6.54 Å². The molecule has 0 unspecified atom stereocenters. The largest absolute Gasteiger partial charge is 0.326 e. The number of hydrogen-bond donors (Lipinski definition) is 1. The Bertz CT molecular complexity index is 117. The molecule has 0 bridgehead atoms. The van der Waals surface area contributed by atoms with Crippen molar-refractivity contribution in [2.75, 3.05) is 6.54 Å². The summed E-state index contributed by atoms with van der Waals surface area (Å²) in [5.74, 6) is 1.88. The molecule has 3 heteroatoms. The molecule has 35 valence electrons. The average molecular weight is 92.9 g/mol. The smallest absolute Gasteiger partial charge is 0.205 e. The van der Waals surface area contributed by atoms with Gasteiger partial charge in [-0.1, -0.05) is 5.98 Å². The Morgan fingerprint density at radius 3 is 3.00 bits per heavy atom. The Hall–Kier alpha value is -0.565. The minimum absolute atomic E-state index is 0.549. The van der Waals surface area contributed by atoms with E-state index in [1.54, 1.807) is 6.20 Å². The van der Waals surface area contributed by atoms with Gasteiger partial charge in [-0.3, -0.25) is 4.99 Å². The zero-order valence-electron chi connectivity index (χ0n) is 3.96. The molecule has 0 aliphatic carbocycles. The summed E-state index contributed by atoms with van der Waals surface area (Å²) >= 11 is 0. The van der Waals surface area contributed by atoms with E-state index in [4.69, 9.17) is 5.73 Å². The highest BCUT2D eigenvalue weighted by Gasteiger charge is 1.97. The molecule has 0 aromatic carbocycles. The van der Waals surface area contributed by atoms with Crippen LogP contribution in [0.2, 0.25) is 0 Å². The molecule has 2 nitrogen and oxygen atoms in total. The van der Waals surface area contributed by atoms with E-state index in [2.05, 4.69) is 4.99 Å². The van der Waals surface area contributed by atoms with Crippen molar-refractivity contribution < 1.29 is 0 Å². The lowest BCUT2D eigenvalue weighted by atomic mass is 9.74. The Labute approximate surface area is 43.4 Å². The van der Waals surface area contributed by atoms with Crippen LogP contribution in [0, 0.1) is 0 Å². The monoisotopic (exact) mass is 93.1 g/mol. The molecule has 0 amide bonds. The van der Waals surface area contributed by atoms with Crippen LogP contribution in [-0.2, 0) is 0 Å². The summed E-state index contributed by atoms with van der Waals surface area (Å²) in [6, 6.07) is 0. The molecule has 0 saturated carbocycles. The fourth-order valence-corrected chi connectivity index (χ4v) is 0.457. The van der Waals surface area contributed by atoms with Crippen molar-refractivity contribution in [2.45, 2.75) is 0 Å². The third-order valence-corrected chi connectivity index (χ3v) is 0.824. The standard InChI is InChI=1S/C4H6BN2/c6-3-4-5-1-2-7-4/h1-2H,3,6H2. The summed E-state index contributed by atoms with van der Waals surface area (Å²) < 4.78 is 0. The lowest BCUT2D eigenvalue weighted by Gasteiger charge is -1.85. The molecule has 1 rings (SSSR count). The maximum atomic E-state index is 5.23. The van der Waals surface area contributed by atoms with Gasteiger partial charge in [0.15, 0.2) is 0 Å². The predicted molar refractivity (Wildman–Crippen MR) is 31.4 cm³/mol. The van der Waals surface area contributed by atoms with Crippen LogP contribution in [0.5, 0.6) is 0 Å². The van der Waals surface area contributed by atoms with E-state index >= 15 is 0 Å². The molecule has 1 aliphatic rings. The van der Waals surface area contributed by atoms with Gasteiger partial charge in [-0.15, -0.1) is 0 Å². The van der Waals surface area contributed by atoms with Crippen molar-refractivity contribution >= 4 is 12.9 Å². The third kappa shape index (κ3) is 0.901. The summed E-state index contributed by atoms with van der Waals surface area (Å²) in [7, 11) is 1.90. The number of nitrogens with zero attached hydrogens (tertiary/aromatic N) is 1. The Morgan fingerprint density at radius 2 is 2.71 bits per heavy atom. The molecule has 0 atom stereocenters. The molecule has 1 heterocycles. The minimum Gasteiger partial charge on any atom is -0.326 e. The summed E-state index contributed by atoms with van der Waals surface area (Å²) in [4.78, 5) is 3.91. The van der Waals surface area contributed by atoms with Gasteiger partial charge in [0.2, 0.25) is 7.28 Å². The first-order valence-electron chi connectivity index (χ1n) is 2.20. The van der Waals surface area contributed by atoms with Gasteiger partial charge in [-0.25, -0.2) is 0 Å². The third-order valence-electron chi connectivity index (χ3n) is 0.824. The van der Waals surface area contributed by atoms with Gasteiger partial charge in [0, 0.05) is 12.7 Å². The van der Waals surface area contributed by atoms with E-state index in [0.717, 1.165) is 5.61 Å². The van der Waals surface area contributed by atoms with Crippen molar-refractivity contribution in [3.8, 4) is 0 Å². The van der Waals surface area contributed by atoms with Crippen molar-refractivity contribution in [1.82, 2.24) is 0 Å². The predicted octanol–water partition coefficient (Wildman–Crippen LogP) is -0.467. The maximum absolute atomic E-state index is 5.23.